The van der Waals surface area contributed by atoms with Crippen molar-refractivity contribution in [3.8, 4) is 11.8 Å². The Kier molecular flexibility index (Phi) is 8.50. The molecule has 3 heterocycles. The number of carbonyl (C=O) groups excluding carboxylic acids is 3. The van der Waals surface area contributed by atoms with Crippen LogP contribution in [0.1, 0.15) is 16.7 Å². The lowest BCUT2D eigenvalue weighted by Crippen LogP contribution is -2.66. The molecule has 3 aromatic carbocycles. The van der Waals surface area contributed by atoms with Gasteiger partial charge in [0.1, 0.15) is 24.5 Å². The molecule has 0 unspecified atom stereocenters. The molecule has 2 aliphatic rings. The van der Waals surface area contributed by atoms with Crippen molar-refractivity contribution in [2.45, 2.75) is 31.7 Å². The molecular weight excluding hydrogens is 592 g/mol. The second-order valence-electron chi connectivity index (χ2n) is 10.8. The van der Waals surface area contributed by atoms with E-state index in [1.54, 1.807) is 21.9 Å². The van der Waals surface area contributed by atoms with E-state index in [-0.39, 0.29) is 51.0 Å². The van der Waals surface area contributed by atoms with Gasteiger partial charge in [-0.2, -0.15) is 10.3 Å². The summed E-state index contributed by atoms with van der Waals surface area (Å²) in [6.45, 7) is 0.205. The fourth-order valence-electron chi connectivity index (χ4n) is 5.94. The summed E-state index contributed by atoms with van der Waals surface area (Å²) in [4.78, 5) is 49.1. The fourth-order valence-corrected chi connectivity index (χ4v) is 6.72. The van der Waals surface area contributed by atoms with Gasteiger partial charge in [0.2, 0.25) is 11.8 Å². The Bertz CT molecular complexity index is 1760. The van der Waals surface area contributed by atoms with Crippen molar-refractivity contribution in [1.29, 1.82) is 5.26 Å². The van der Waals surface area contributed by atoms with Gasteiger partial charge in [0.25, 0.3) is 0 Å². The summed E-state index contributed by atoms with van der Waals surface area (Å²) < 4.78 is 6.21. The molecule has 45 heavy (non-hydrogen) atoms. The summed E-state index contributed by atoms with van der Waals surface area (Å²) in [6.07, 6.45) is -0.407. The van der Waals surface area contributed by atoms with Crippen LogP contribution in [0.25, 0.3) is 10.2 Å². The lowest BCUT2D eigenvalue weighted by Gasteiger charge is -2.46. The second kappa shape index (κ2) is 12.8. The number of nitrogens with one attached hydrogen (secondary N) is 1. The summed E-state index contributed by atoms with van der Waals surface area (Å²) in [7, 11) is 1.58. The molecule has 3 N–H and O–H groups in total. The average molecular weight is 625 g/mol. The number of piperazine rings is 1. The van der Waals surface area contributed by atoms with E-state index in [9.17, 15) is 19.6 Å². The molecule has 4 amide bonds. The zero-order valence-electron chi connectivity index (χ0n) is 24.6. The molecule has 2 atom stereocenters. The van der Waals surface area contributed by atoms with Crippen LogP contribution in [-0.2, 0) is 29.1 Å². The number of nitrogen functional groups attached to an aromatic ring is 1. The number of hydrogen-bond donors (Lipinski definition) is 2. The van der Waals surface area contributed by atoms with Gasteiger partial charge in [0.05, 0.1) is 36.5 Å². The van der Waals surface area contributed by atoms with Gasteiger partial charge in [-0.25, -0.2) is 14.8 Å². The molecule has 0 bridgehead atoms. The number of anilines is 1. The number of urea groups is 1. The number of fused-ring (bicyclic) bond motifs is 2. The van der Waals surface area contributed by atoms with Crippen molar-refractivity contribution < 1.29 is 19.1 Å². The molecule has 13 heteroatoms. The zero-order valence-corrected chi connectivity index (χ0v) is 25.4. The van der Waals surface area contributed by atoms with E-state index in [1.165, 1.54) is 16.3 Å². The predicted octanol–water partition coefficient (Wildman–Crippen LogP) is 2.96. The van der Waals surface area contributed by atoms with Crippen LogP contribution < -0.4 is 15.8 Å². The van der Waals surface area contributed by atoms with Gasteiger partial charge in [-0.05, 0) is 34.9 Å². The minimum absolute atomic E-state index is 0.133. The lowest BCUT2D eigenvalue weighted by atomic mass is 9.99. The van der Waals surface area contributed by atoms with Gasteiger partial charge in [0, 0.05) is 19.5 Å². The van der Waals surface area contributed by atoms with Crippen molar-refractivity contribution >= 4 is 44.5 Å². The Hall–Kier alpha value is -5.19. The highest BCUT2D eigenvalue weighted by molar-refractivity contribution is 7.22. The Morgan fingerprint density at radius 3 is 2.62 bits per heavy atom. The summed E-state index contributed by atoms with van der Waals surface area (Å²) in [6, 6.07) is 23.3. The maximum atomic E-state index is 14.2. The van der Waals surface area contributed by atoms with Gasteiger partial charge < -0.3 is 25.6 Å². The molecule has 230 valence electrons. The van der Waals surface area contributed by atoms with Crippen LogP contribution in [0.4, 0.5) is 9.93 Å². The Morgan fingerprint density at radius 1 is 1.11 bits per heavy atom. The highest BCUT2D eigenvalue weighted by Gasteiger charge is 2.52. The Morgan fingerprint density at radius 2 is 1.89 bits per heavy atom. The number of aromatic nitrogens is 1. The predicted molar refractivity (Wildman–Crippen MR) is 168 cm³/mol. The molecule has 6 rings (SSSR count). The van der Waals surface area contributed by atoms with Crippen molar-refractivity contribution in [1.82, 2.24) is 30.1 Å². The molecule has 2 saturated heterocycles. The molecular formula is C32H32N8O4S. The van der Waals surface area contributed by atoms with Crippen LogP contribution in [0.3, 0.4) is 0 Å². The van der Waals surface area contributed by atoms with Crippen LogP contribution in [-0.4, -0.2) is 81.6 Å². The first-order valence-electron chi connectivity index (χ1n) is 14.5. The highest BCUT2D eigenvalue weighted by atomic mass is 32.1. The summed E-state index contributed by atoms with van der Waals surface area (Å²) in [5.74, 6) is 0.179. The number of amides is 4. The number of para-hydroxylation sites is 1. The van der Waals surface area contributed by atoms with E-state index in [2.05, 4.69) is 16.4 Å². The minimum Gasteiger partial charge on any atom is -0.497 e. The number of nitrogens with two attached hydrogens (primary N) is 1. The number of nitrogens with zero attached hydrogens (tertiary/aromatic N) is 6. The zero-order chi connectivity index (χ0) is 31.5. The van der Waals surface area contributed by atoms with Crippen LogP contribution >= 0.6 is 11.3 Å². The first-order chi connectivity index (χ1) is 21.9. The first-order valence-corrected chi connectivity index (χ1v) is 15.3. The van der Waals surface area contributed by atoms with E-state index < -0.39 is 18.2 Å². The third kappa shape index (κ3) is 6.11. The highest BCUT2D eigenvalue weighted by Crippen LogP contribution is 2.32. The monoisotopic (exact) mass is 624 g/mol. The number of ether oxygens (including phenoxy) is 1. The van der Waals surface area contributed by atoms with Crippen molar-refractivity contribution in [2.24, 2.45) is 0 Å². The summed E-state index contributed by atoms with van der Waals surface area (Å²) >= 11 is 1.38. The number of carbonyl (C=O) groups is 3. The van der Waals surface area contributed by atoms with E-state index in [0.717, 1.165) is 26.9 Å². The van der Waals surface area contributed by atoms with Gasteiger partial charge in [-0.3, -0.25) is 9.59 Å². The normalized spacial score (nSPS) is 18.1. The average Bonchev–Trinajstić information content (AvgIpc) is 3.60. The van der Waals surface area contributed by atoms with Crippen LogP contribution in [0.5, 0.6) is 5.75 Å². The van der Waals surface area contributed by atoms with Crippen molar-refractivity contribution in [3.63, 3.8) is 0 Å². The van der Waals surface area contributed by atoms with Gasteiger partial charge in [-0.1, -0.05) is 65.9 Å². The molecule has 12 nitrogen and oxygen atoms in total. The maximum Gasteiger partial charge on any atom is 0.333 e. The maximum absolute atomic E-state index is 14.2. The second-order valence-corrected chi connectivity index (χ2v) is 11.9. The fraction of sp³-hybridized carbons (Fsp3) is 0.281. The third-order valence-corrected chi connectivity index (χ3v) is 8.94. The number of hydrazine groups is 1. The van der Waals surface area contributed by atoms with Crippen LogP contribution in [0.2, 0.25) is 0 Å². The number of methoxy groups -OCH3 is 1. The number of rotatable bonds is 9. The molecule has 0 aliphatic carbocycles. The molecule has 2 fully saturated rings. The number of thiazole rings is 1. The lowest BCUT2D eigenvalue weighted by molar-refractivity contribution is -0.157. The van der Waals surface area contributed by atoms with Crippen LogP contribution in [0.15, 0.2) is 72.8 Å². The smallest absolute Gasteiger partial charge is 0.333 e. The summed E-state index contributed by atoms with van der Waals surface area (Å²) in [5.41, 5.74) is 9.31. The Labute approximate surface area is 264 Å². The van der Waals surface area contributed by atoms with E-state index in [1.807, 2.05) is 72.8 Å². The molecule has 0 spiro atoms. The van der Waals surface area contributed by atoms with E-state index in [4.69, 9.17) is 10.5 Å². The Balaban J connectivity index is 1.32. The summed E-state index contributed by atoms with van der Waals surface area (Å²) in [5, 5.41) is 15.9. The standard InChI is InChI=1S/C32H32N8O4S/c1-44-24-12-10-21(11-13-24)16-25-30(42)37(18-23-8-5-9-26-29(23)36-31(34)45-26)19-27-39(20-28(41)40(25)27)38(15-14-33)32(43)35-17-22-6-3-2-4-7-22/h2-13,25,27H,15-20H2,1H3,(H2,34,36)(H,35,43)/t25-,27+/m0/s1. The SMILES string of the molecule is COc1ccc(C[C@H]2C(=O)N(Cc3cccc4sc(N)nc34)C[C@H]3N2C(=O)CN3N(CC#N)C(=O)NCc2ccccc2)cc1. The quantitative estimate of drug-likeness (QED) is 0.270. The number of hydrogen-bond acceptors (Lipinski definition) is 9. The minimum atomic E-state index is -0.828. The van der Waals surface area contributed by atoms with Gasteiger partial charge >= 0.3 is 6.03 Å². The van der Waals surface area contributed by atoms with Gasteiger partial charge in [-0.15, -0.1) is 0 Å². The molecule has 0 radical (unpaired) electrons. The first kappa shape index (κ1) is 29.9. The number of benzene rings is 3. The number of nitriles is 1. The van der Waals surface area contributed by atoms with Crippen molar-refractivity contribution in [2.75, 3.05) is 32.5 Å². The van der Waals surface area contributed by atoms with Gasteiger partial charge in [0.15, 0.2) is 5.13 Å². The molecule has 0 saturated carbocycles. The van der Waals surface area contributed by atoms with Crippen molar-refractivity contribution in [3.05, 3.63) is 89.5 Å². The molecule has 1 aromatic heterocycles. The van der Waals surface area contributed by atoms with E-state index in [0.29, 0.717) is 10.9 Å². The topological polar surface area (TPSA) is 148 Å². The third-order valence-electron chi connectivity index (χ3n) is 8.09. The van der Waals surface area contributed by atoms with Crippen LogP contribution in [0, 0.1) is 11.3 Å². The molecule has 4 aromatic rings. The van der Waals surface area contributed by atoms with E-state index >= 15 is 0 Å². The largest absolute Gasteiger partial charge is 0.497 e. The molecule has 2 aliphatic heterocycles.